The number of pyridine rings is 1. The van der Waals surface area contributed by atoms with E-state index < -0.39 is 0 Å². The first-order valence-electron chi connectivity index (χ1n) is 9.28. The van der Waals surface area contributed by atoms with Gasteiger partial charge in [-0.3, -0.25) is 14.8 Å². The molecule has 0 bridgehead atoms. The molecule has 0 aliphatic carbocycles. The minimum atomic E-state index is 0.0330. The molecule has 0 spiro atoms. The lowest BCUT2D eigenvalue weighted by atomic mass is 10.2. The van der Waals surface area contributed by atoms with Crippen molar-refractivity contribution in [2.45, 2.75) is 13.5 Å². The van der Waals surface area contributed by atoms with E-state index in [0.29, 0.717) is 18.7 Å². The van der Waals surface area contributed by atoms with Gasteiger partial charge in [-0.15, -0.1) is 0 Å². The molecule has 7 heteroatoms. The van der Waals surface area contributed by atoms with Gasteiger partial charge < -0.3 is 10.2 Å². The fraction of sp³-hybridized carbons (Fsp3) is 0.350. The number of fused-ring (bicyclic) bond motifs is 1. The summed E-state index contributed by atoms with van der Waals surface area (Å²) in [6, 6.07) is 12.4. The normalized spacial score (nSPS) is 15.2. The number of carbonyl (C=O) groups excluding carboxylic acids is 1. The van der Waals surface area contributed by atoms with Gasteiger partial charge in [0.05, 0.1) is 18.8 Å². The summed E-state index contributed by atoms with van der Waals surface area (Å²) < 4.78 is 0. The van der Waals surface area contributed by atoms with Gasteiger partial charge >= 0.3 is 0 Å². The number of aromatic amines is 1. The lowest BCUT2D eigenvalue weighted by Gasteiger charge is -2.35. The summed E-state index contributed by atoms with van der Waals surface area (Å²) in [5, 5.41) is 11.0. The minimum absolute atomic E-state index is 0.0330. The van der Waals surface area contributed by atoms with Crippen LogP contribution in [0.5, 0.6) is 0 Å². The summed E-state index contributed by atoms with van der Waals surface area (Å²) in [7, 11) is 0. The number of benzene rings is 1. The number of H-pyrrole nitrogens is 1. The number of hydrogen-bond acceptors (Lipinski definition) is 5. The second-order valence-corrected chi connectivity index (χ2v) is 6.96. The molecule has 0 atom stereocenters. The zero-order chi connectivity index (χ0) is 18.6. The Morgan fingerprint density at radius 3 is 2.85 bits per heavy atom. The van der Waals surface area contributed by atoms with Gasteiger partial charge in [-0.1, -0.05) is 12.1 Å². The maximum absolute atomic E-state index is 12.3. The maximum atomic E-state index is 12.3. The number of nitrogens with zero attached hydrogens (tertiary/aromatic N) is 4. The van der Waals surface area contributed by atoms with Gasteiger partial charge in [-0.2, -0.15) is 5.10 Å². The Labute approximate surface area is 158 Å². The van der Waals surface area contributed by atoms with Crippen LogP contribution in [0.1, 0.15) is 11.3 Å². The van der Waals surface area contributed by atoms with Crippen LogP contribution in [0.25, 0.3) is 11.0 Å². The SMILES string of the molecule is Cc1cccc(N2CCN(CC(=O)NCc3[nH]nc4ncccc34)CC2)c1. The van der Waals surface area contributed by atoms with Crippen LogP contribution in [0.3, 0.4) is 0 Å². The molecule has 1 aromatic carbocycles. The van der Waals surface area contributed by atoms with Crippen LogP contribution in [0.2, 0.25) is 0 Å². The Balaban J connectivity index is 1.26. The zero-order valence-corrected chi connectivity index (χ0v) is 15.5. The number of piperazine rings is 1. The van der Waals surface area contributed by atoms with E-state index in [1.165, 1.54) is 11.3 Å². The van der Waals surface area contributed by atoms with Crippen LogP contribution in [-0.2, 0) is 11.3 Å². The molecule has 1 fully saturated rings. The molecule has 4 rings (SSSR count). The van der Waals surface area contributed by atoms with Crippen LogP contribution in [0.15, 0.2) is 42.6 Å². The van der Waals surface area contributed by atoms with E-state index in [1.807, 2.05) is 12.1 Å². The number of hydrogen-bond donors (Lipinski definition) is 2. The number of nitrogens with one attached hydrogen (secondary N) is 2. The third-order valence-electron chi connectivity index (χ3n) is 4.98. The van der Waals surface area contributed by atoms with Gasteiger partial charge in [0.25, 0.3) is 0 Å². The first-order chi connectivity index (χ1) is 13.2. The largest absolute Gasteiger partial charge is 0.369 e. The summed E-state index contributed by atoms with van der Waals surface area (Å²) in [6.45, 7) is 6.62. The lowest BCUT2D eigenvalue weighted by molar-refractivity contribution is -0.122. The highest BCUT2D eigenvalue weighted by Gasteiger charge is 2.19. The Hall–Kier alpha value is -2.93. The Kier molecular flexibility index (Phi) is 5.02. The smallest absolute Gasteiger partial charge is 0.234 e. The molecule has 0 saturated carbocycles. The second kappa shape index (κ2) is 7.75. The highest BCUT2D eigenvalue weighted by Crippen LogP contribution is 2.17. The highest BCUT2D eigenvalue weighted by molar-refractivity contribution is 5.80. The molecule has 2 aromatic heterocycles. The Morgan fingerprint density at radius 2 is 2.04 bits per heavy atom. The molecule has 1 aliphatic heterocycles. The molecule has 140 valence electrons. The number of rotatable bonds is 5. The molecular weight excluding hydrogens is 340 g/mol. The van der Waals surface area contributed by atoms with Gasteiger partial charge in [0, 0.05) is 43.4 Å². The molecule has 3 heterocycles. The third kappa shape index (κ3) is 4.09. The van der Waals surface area contributed by atoms with Gasteiger partial charge in [0.2, 0.25) is 5.91 Å². The monoisotopic (exact) mass is 364 g/mol. The Morgan fingerprint density at radius 1 is 1.19 bits per heavy atom. The molecule has 1 amide bonds. The van der Waals surface area contributed by atoms with Crippen molar-refractivity contribution in [2.24, 2.45) is 0 Å². The van der Waals surface area contributed by atoms with Crippen LogP contribution in [0, 0.1) is 6.92 Å². The van der Waals surface area contributed by atoms with Gasteiger partial charge in [0.1, 0.15) is 0 Å². The van der Waals surface area contributed by atoms with E-state index in [4.69, 9.17) is 0 Å². The molecule has 1 saturated heterocycles. The predicted molar refractivity (Wildman–Crippen MR) is 106 cm³/mol. The third-order valence-corrected chi connectivity index (χ3v) is 4.98. The van der Waals surface area contributed by atoms with Gasteiger partial charge in [-0.05, 0) is 36.8 Å². The lowest BCUT2D eigenvalue weighted by Crippen LogP contribution is -2.49. The average molecular weight is 364 g/mol. The van der Waals surface area contributed by atoms with Crippen LogP contribution < -0.4 is 10.2 Å². The van der Waals surface area contributed by atoms with Crippen LogP contribution in [-0.4, -0.2) is 58.7 Å². The summed E-state index contributed by atoms with van der Waals surface area (Å²) in [6.07, 6.45) is 1.71. The number of amides is 1. The standard InChI is InChI=1S/C20H24N6O/c1-15-4-2-5-16(12-15)26-10-8-25(9-11-26)14-19(27)22-13-18-17-6-3-7-21-20(17)24-23-18/h2-7,12H,8-11,13-14H2,1H3,(H,22,27)(H,21,23,24). The fourth-order valence-corrected chi connectivity index (χ4v) is 3.47. The summed E-state index contributed by atoms with van der Waals surface area (Å²) in [4.78, 5) is 21.1. The molecule has 1 aliphatic rings. The quantitative estimate of drug-likeness (QED) is 0.721. The van der Waals surface area contributed by atoms with Crippen molar-refractivity contribution in [3.05, 3.63) is 53.9 Å². The zero-order valence-electron chi connectivity index (χ0n) is 15.5. The second-order valence-electron chi connectivity index (χ2n) is 6.96. The predicted octanol–water partition coefficient (Wildman–Crippen LogP) is 1.70. The molecule has 7 nitrogen and oxygen atoms in total. The maximum Gasteiger partial charge on any atom is 0.234 e. The number of anilines is 1. The van der Waals surface area contributed by atoms with E-state index in [9.17, 15) is 4.79 Å². The van der Waals surface area contributed by atoms with Gasteiger partial charge in [0.15, 0.2) is 5.65 Å². The van der Waals surface area contributed by atoms with E-state index in [1.54, 1.807) is 6.20 Å². The molecular formula is C20H24N6O. The number of aryl methyl sites for hydroxylation is 1. The molecule has 3 aromatic rings. The fourth-order valence-electron chi connectivity index (χ4n) is 3.47. The van der Waals surface area contributed by atoms with Crippen LogP contribution in [0.4, 0.5) is 5.69 Å². The molecule has 0 unspecified atom stereocenters. The van der Waals surface area contributed by atoms with E-state index in [2.05, 4.69) is 61.5 Å². The Bertz CT molecular complexity index is 929. The van der Waals surface area contributed by atoms with Crippen molar-refractivity contribution in [1.29, 1.82) is 0 Å². The topological polar surface area (TPSA) is 77.1 Å². The molecule has 0 radical (unpaired) electrons. The van der Waals surface area contributed by atoms with Crippen molar-refractivity contribution >= 4 is 22.6 Å². The van der Waals surface area contributed by atoms with E-state index in [-0.39, 0.29) is 5.91 Å². The molecule has 27 heavy (non-hydrogen) atoms. The summed E-state index contributed by atoms with van der Waals surface area (Å²) >= 11 is 0. The highest BCUT2D eigenvalue weighted by atomic mass is 16.2. The first-order valence-corrected chi connectivity index (χ1v) is 9.28. The van der Waals surface area contributed by atoms with Crippen molar-refractivity contribution in [1.82, 2.24) is 25.4 Å². The van der Waals surface area contributed by atoms with Crippen molar-refractivity contribution in [2.75, 3.05) is 37.6 Å². The number of carbonyl (C=O) groups is 1. The van der Waals surface area contributed by atoms with E-state index >= 15 is 0 Å². The van der Waals surface area contributed by atoms with Crippen molar-refractivity contribution in [3.63, 3.8) is 0 Å². The van der Waals surface area contributed by atoms with Gasteiger partial charge in [-0.25, -0.2) is 4.98 Å². The van der Waals surface area contributed by atoms with Crippen molar-refractivity contribution in [3.8, 4) is 0 Å². The first kappa shape index (κ1) is 17.5. The minimum Gasteiger partial charge on any atom is -0.369 e. The number of aromatic nitrogens is 3. The van der Waals surface area contributed by atoms with Crippen LogP contribution >= 0.6 is 0 Å². The van der Waals surface area contributed by atoms with Crippen molar-refractivity contribution < 1.29 is 4.79 Å². The summed E-state index contributed by atoms with van der Waals surface area (Å²) in [5.41, 5.74) is 4.10. The average Bonchev–Trinajstić information content (AvgIpc) is 3.10. The van der Waals surface area contributed by atoms with E-state index in [0.717, 1.165) is 37.3 Å². The summed E-state index contributed by atoms with van der Waals surface area (Å²) in [5.74, 6) is 0.0330. The molecule has 2 N–H and O–H groups in total.